The molecule has 1 saturated heterocycles. The van der Waals surface area contributed by atoms with Crippen molar-refractivity contribution < 1.29 is 18.3 Å². The maximum Gasteiger partial charge on any atom is 0.238 e. The summed E-state index contributed by atoms with van der Waals surface area (Å²) in [5, 5.41) is 2.49. The van der Waals surface area contributed by atoms with Gasteiger partial charge in [-0.1, -0.05) is 6.07 Å². The van der Waals surface area contributed by atoms with Crippen molar-refractivity contribution in [2.24, 2.45) is 0 Å². The van der Waals surface area contributed by atoms with Crippen LogP contribution in [0, 0.1) is 11.6 Å². The monoisotopic (exact) mass is 361 g/mol. The average Bonchev–Trinajstić information content (AvgIpc) is 2.65. The lowest BCUT2D eigenvalue weighted by Gasteiger charge is -2.35. The molecule has 2 aromatic carbocycles. The fourth-order valence-electron chi connectivity index (χ4n) is 2.96. The van der Waals surface area contributed by atoms with Crippen LogP contribution < -0.4 is 15.0 Å². The van der Waals surface area contributed by atoms with Gasteiger partial charge in [0.05, 0.1) is 19.3 Å². The molecule has 1 N–H and O–H groups in total. The van der Waals surface area contributed by atoms with Gasteiger partial charge in [-0.3, -0.25) is 9.69 Å². The minimum absolute atomic E-state index is 0.00795. The minimum Gasteiger partial charge on any atom is -0.497 e. The molecule has 0 atom stereocenters. The predicted octanol–water partition coefficient (Wildman–Crippen LogP) is 2.73. The Bertz CT molecular complexity index is 777. The molecule has 7 heteroatoms. The van der Waals surface area contributed by atoms with Crippen LogP contribution in [0.25, 0.3) is 0 Å². The molecule has 3 rings (SSSR count). The molecule has 26 heavy (non-hydrogen) atoms. The Morgan fingerprint density at radius 2 is 1.88 bits per heavy atom. The first-order chi connectivity index (χ1) is 12.5. The van der Waals surface area contributed by atoms with Gasteiger partial charge in [-0.2, -0.15) is 0 Å². The van der Waals surface area contributed by atoms with Crippen LogP contribution in [0.4, 0.5) is 20.2 Å². The zero-order valence-electron chi connectivity index (χ0n) is 14.5. The normalized spacial score (nSPS) is 15.0. The van der Waals surface area contributed by atoms with Crippen molar-refractivity contribution in [2.75, 3.05) is 50.1 Å². The summed E-state index contributed by atoms with van der Waals surface area (Å²) in [5.41, 5.74) is 1.08. The second-order valence-corrected chi connectivity index (χ2v) is 6.14. The number of hydrogen-bond acceptors (Lipinski definition) is 4. The number of anilines is 2. The van der Waals surface area contributed by atoms with E-state index in [1.807, 2.05) is 29.2 Å². The Kier molecular flexibility index (Phi) is 5.68. The summed E-state index contributed by atoms with van der Waals surface area (Å²) >= 11 is 0. The third-order valence-corrected chi connectivity index (χ3v) is 4.36. The van der Waals surface area contributed by atoms with E-state index in [1.54, 1.807) is 7.11 Å². The van der Waals surface area contributed by atoms with E-state index >= 15 is 0 Å². The number of ether oxygens (including phenoxy) is 1. The van der Waals surface area contributed by atoms with Crippen molar-refractivity contribution in [3.8, 4) is 5.75 Å². The van der Waals surface area contributed by atoms with Crippen LogP contribution in [0.2, 0.25) is 0 Å². The quantitative estimate of drug-likeness (QED) is 0.890. The van der Waals surface area contributed by atoms with Crippen LogP contribution >= 0.6 is 0 Å². The van der Waals surface area contributed by atoms with E-state index in [1.165, 1.54) is 6.07 Å². The smallest absolute Gasteiger partial charge is 0.238 e. The number of carbonyl (C=O) groups is 1. The zero-order valence-corrected chi connectivity index (χ0v) is 14.5. The number of methoxy groups -OCH3 is 1. The zero-order chi connectivity index (χ0) is 18.5. The SMILES string of the molecule is COc1cccc(N2CCN(CC(=O)Nc3ccc(F)cc3F)CC2)c1. The highest BCUT2D eigenvalue weighted by atomic mass is 19.1. The Balaban J connectivity index is 1.51. The highest BCUT2D eigenvalue weighted by Gasteiger charge is 2.20. The van der Waals surface area contributed by atoms with Crippen LogP contribution in [0.1, 0.15) is 0 Å². The molecule has 0 aliphatic carbocycles. The van der Waals surface area contributed by atoms with Gasteiger partial charge >= 0.3 is 0 Å². The highest BCUT2D eigenvalue weighted by molar-refractivity contribution is 5.92. The van der Waals surface area contributed by atoms with Gasteiger partial charge < -0.3 is 15.0 Å². The Hall–Kier alpha value is -2.67. The Labute approximate surface area is 151 Å². The molecule has 0 saturated carbocycles. The number of nitrogens with one attached hydrogen (secondary N) is 1. The third-order valence-electron chi connectivity index (χ3n) is 4.36. The minimum atomic E-state index is -0.777. The number of benzene rings is 2. The predicted molar refractivity (Wildman–Crippen MR) is 96.6 cm³/mol. The molecule has 5 nitrogen and oxygen atoms in total. The molecule has 2 aromatic rings. The van der Waals surface area contributed by atoms with Crippen molar-refractivity contribution in [3.63, 3.8) is 0 Å². The average molecular weight is 361 g/mol. The van der Waals surface area contributed by atoms with Crippen LogP contribution in [0.5, 0.6) is 5.75 Å². The summed E-state index contributed by atoms with van der Waals surface area (Å²) in [5.74, 6) is -0.952. The first kappa shape index (κ1) is 18.1. The lowest BCUT2D eigenvalue weighted by Crippen LogP contribution is -2.48. The van der Waals surface area contributed by atoms with E-state index in [0.29, 0.717) is 0 Å². The Morgan fingerprint density at radius 1 is 1.12 bits per heavy atom. The first-order valence-corrected chi connectivity index (χ1v) is 8.41. The molecule has 0 bridgehead atoms. The van der Waals surface area contributed by atoms with Crippen LogP contribution in [-0.4, -0.2) is 50.6 Å². The fourth-order valence-corrected chi connectivity index (χ4v) is 2.96. The standard InChI is InChI=1S/C19H21F2N3O2/c1-26-16-4-2-3-15(12-16)24-9-7-23(8-10-24)13-19(25)22-18-6-5-14(20)11-17(18)21/h2-6,11-12H,7-10,13H2,1H3,(H,22,25). The Morgan fingerprint density at radius 3 is 2.58 bits per heavy atom. The largest absolute Gasteiger partial charge is 0.497 e. The van der Waals surface area contributed by atoms with E-state index in [0.717, 1.165) is 49.7 Å². The first-order valence-electron chi connectivity index (χ1n) is 8.41. The maximum absolute atomic E-state index is 13.6. The number of halogens is 2. The summed E-state index contributed by atoms with van der Waals surface area (Å²) in [6, 6.07) is 11.0. The van der Waals surface area contributed by atoms with Crippen LogP contribution in [-0.2, 0) is 4.79 Å². The molecule has 1 fully saturated rings. The molecule has 138 valence electrons. The molecule has 1 heterocycles. The van der Waals surface area contributed by atoms with Crippen molar-refractivity contribution in [2.45, 2.75) is 0 Å². The molecule has 1 aliphatic heterocycles. The molecule has 0 spiro atoms. The summed E-state index contributed by atoms with van der Waals surface area (Å²) in [7, 11) is 1.64. The summed E-state index contributed by atoms with van der Waals surface area (Å²) in [6.45, 7) is 3.17. The van der Waals surface area contributed by atoms with Crippen LogP contribution in [0.15, 0.2) is 42.5 Å². The number of hydrogen-bond donors (Lipinski definition) is 1. The van der Waals surface area contributed by atoms with Gasteiger partial charge in [0, 0.05) is 44.0 Å². The summed E-state index contributed by atoms with van der Waals surface area (Å²) < 4.78 is 31.8. The van der Waals surface area contributed by atoms with E-state index in [2.05, 4.69) is 10.2 Å². The van der Waals surface area contributed by atoms with Crippen molar-refractivity contribution in [1.29, 1.82) is 0 Å². The van der Waals surface area contributed by atoms with Crippen molar-refractivity contribution in [1.82, 2.24) is 4.90 Å². The number of piperazine rings is 1. The van der Waals surface area contributed by atoms with E-state index in [4.69, 9.17) is 4.74 Å². The third kappa shape index (κ3) is 4.49. The summed E-state index contributed by atoms with van der Waals surface area (Å²) in [4.78, 5) is 16.3. The number of amides is 1. The molecular weight excluding hydrogens is 340 g/mol. The highest BCUT2D eigenvalue weighted by Crippen LogP contribution is 2.22. The van der Waals surface area contributed by atoms with E-state index < -0.39 is 11.6 Å². The fraction of sp³-hybridized carbons (Fsp3) is 0.316. The second kappa shape index (κ2) is 8.14. The van der Waals surface area contributed by atoms with Gasteiger partial charge in [-0.25, -0.2) is 8.78 Å². The number of nitrogens with zero attached hydrogens (tertiary/aromatic N) is 2. The van der Waals surface area contributed by atoms with Gasteiger partial charge in [0.15, 0.2) is 0 Å². The van der Waals surface area contributed by atoms with Gasteiger partial charge in [0.2, 0.25) is 5.91 Å². The van der Waals surface area contributed by atoms with Crippen LogP contribution in [0.3, 0.4) is 0 Å². The lowest BCUT2D eigenvalue weighted by molar-refractivity contribution is -0.117. The van der Waals surface area contributed by atoms with Gasteiger partial charge in [-0.15, -0.1) is 0 Å². The molecular formula is C19H21F2N3O2. The molecule has 1 aliphatic rings. The molecule has 1 amide bonds. The number of carbonyl (C=O) groups excluding carboxylic acids is 1. The van der Waals surface area contributed by atoms with E-state index in [9.17, 15) is 13.6 Å². The molecule has 0 unspecified atom stereocenters. The molecule has 0 aromatic heterocycles. The maximum atomic E-state index is 13.6. The lowest BCUT2D eigenvalue weighted by atomic mass is 10.2. The van der Waals surface area contributed by atoms with Gasteiger partial charge in [0.25, 0.3) is 0 Å². The molecule has 0 radical (unpaired) electrons. The second-order valence-electron chi connectivity index (χ2n) is 6.14. The van der Waals surface area contributed by atoms with Gasteiger partial charge in [0.1, 0.15) is 17.4 Å². The summed E-state index contributed by atoms with van der Waals surface area (Å²) in [6.07, 6.45) is 0. The topological polar surface area (TPSA) is 44.8 Å². The number of rotatable bonds is 5. The van der Waals surface area contributed by atoms with Gasteiger partial charge in [-0.05, 0) is 24.3 Å². The van der Waals surface area contributed by atoms with Crippen molar-refractivity contribution in [3.05, 3.63) is 54.1 Å². The van der Waals surface area contributed by atoms with Crippen molar-refractivity contribution >= 4 is 17.3 Å². The van der Waals surface area contributed by atoms with E-state index in [-0.39, 0.29) is 18.1 Å².